The van der Waals surface area contributed by atoms with Crippen molar-refractivity contribution in [1.82, 2.24) is 5.32 Å². The lowest BCUT2D eigenvalue weighted by molar-refractivity contribution is -0.150. The molecule has 0 aliphatic rings. The Labute approximate surface area is 126 Å². The summed E-state index contributed by atoms with van der Waals surface area (Å²) in [5.41, 5.74) is -0.637. The van der Waals surface area contributed by atoms with E-state index < -0.39 is 11.6 Å². The molecule has 0 aromatic heterocycles. The molecule has 0 aromatic carbocycles. The fourth-order valence-electron chi connectivity index (χ4n) is 1.75. The molecule has 5 nitrogen and oxygen atoms in total. The monoisotopic (exact) mass is 307 g/mol. The largest absolute Gasteiger partial charge is 0.465 e. The summed E-state index contributed by atoms with van der Waals surface area (Å²) >= 11 is 1.59. The number of hydrogen-bond acceptors (Lipinski definition) is 6. The van der Waals surface area contributed by atoms with Crippen LogP contribution in [0.1, 0.15) is 40.0 Å². The molecule has 0 fully saturated rings. The molecule has 0 aliphatic carbocycles. The van der Waals surface area contributed by atoms with Gasteiger partial charge in [0.05, 0.1) is 19.3 Å². The van der Waals surface area contributed by atoms with Crippen molar-refractivity contribution in [2.45, 2.75) is 51.7 Å². The van der Waals surface area contributed by atoms with Gasteiger partial charge in [-0.15, -0.1) is 0 Å². The molecule has 0 saturated heterocycles. The summed E-state index contributed by atoms with van der Waals surface area (Å²) in [5, 5.41) is 21.2. The fourth-order valence-corrected chi connectivity index (χ4v) is 2.65. The predicted molar refractivity (Wildman–Crippen MR) is 83.0 cm³/mol. The van der Waals surface area contributed by atoms with Gasteiger partial charge in [0.1, 0.15) is 5.54 Å². The predicted octanol–water partition coefficient (Wildman–Crippen LogP) is 1.17. The van der Waals surface area contributed by atoms with Crippen LogP contribution in [-0.2, 0) is 9.53 Å². The number of aliphatic hydroxyl groups excluding tert-OH is 2. The maximum Gasteiger partial charge on any atom is 0.326 e. The highest BCUT2D eigenvalue weighted by Gasteiger charge is 2.33. The summed E-state index contributed by atoms with van der Waals surface area (Å²) in [4.78, 5) is 12.0. The first kappa shape index (κ1) is 19.7. The van der Waals surface area contributed by atoms with Crippen molar-refractivity contribution in [2.24, 2.45) is 0 Å². The van der Waals surface area contributed by atoms with Crippen LogP contribution in [0.15, 0.2) is 0 Å². The van der Waals surface area contributed by atoms with E-state index in [-0.39, 0.29) is 12.6 Å². The molecule has 120 valence electrons. The molecular weight excluding hydrogens is 278 g/mol. The van der Waals surface area contributed by atoms with E-state index in [1.165, 1.54) is 0 Å². The maximum absolute atomic E-state index is 12.0. The van der Waals surface area contributed by atoms with Crippen molar-refractivity contribution in [3.63, 3.8) is 0 Å². The van der Waals surface area contributed by atoms with Crippen LogP contribution >= 0.6 is 11.8 Å². The minimum absolute atomic E-state index is 0.200. The Morgan fingerprint density at radius 2 is 2.15 bits per heavy atom. The number of thioether (sulfide) groups is 1. The lowest BCUT2D eigenvalue weighted by Crippen LogP contribution is -2.50. The molecular formula is C14H29NO4S. The Bertz CT molecular complexity index is 266. The van der Waals surface area contributed by atoms with Crippen molar-refractivity contribution in [3.8, 4) is 0 Å². The van der Waals surface area contributed by atoms with Crippen molar-refractivity contribution in [1.29, 1.82) is 0 Å². The number of rotatable bonds is 12. The molecule has 0 amide bonds. The molecule has 20 heavy (non-hydrogen) atoms. The Morgan fingerprint density at radius 1 is 1.45 bits per heavy atom. The van der Waals surface area contributed by atoms with Crippen molar-refractivity contribution in [3.05, 3.63) is 0 Å². The molecule has 0 heterocycles. The van der Waals surface area contributed by atoms with Crippen LogP contribution in [0.5, 0.6) is 0 Å². The number of ether oxygens (including phenoxy) is 1. The van der Waals surface area contributed by atoms with Crippen LogP contribution < -0.4 is 5.32 Å². The van der Waals surface area contributed by atoms with Gasteiger partial charge >= 0.3 is 5.97 Å². The van der Waals surface area contributed by atoms with Crippen molar-refractivity contribution in [2.75, 3.05) is 31.3 Å². The molecule has 0 aliphatic heterocycles. The average Bonchev–Trinajstić information content (AvgIpc) is 2.44. The van der Waals surface area contributed by atoms with Gasteiger partial charge in [0.2, 0.25) is 0 Å². The smallest absolute Gasteiger partial charge is 0.326 e. The van der Waals surface area contributed by atoms with Crippen molar-refractivity contribution < 1.29 is 19.7 Å². The molecule has 2 unspecified atom stereocenters. The molecule has 0 aromatic rings. The summed E-state index contributed by atoms with van der Waals surface area (Å²) in [6.45, 7) is 6.72. The van der Waals surface area contributed by atoms with Gasteiger partial charge in [0, 0.05) is 5.75 Å². The number of nitrogens with one attached hydrogen (secondary N) is 1. The third-order valence-corrected chi connectivity index (χ3v) is 4.18. The van der Waals surface area contributed by atoms with E-state index in [9.17, 15) is 9.90 Å². The number of carbonyl (C=O) groups is 1. The maximum atomic E-state index is 12.0. The second kappa shape index (κ2) is 11.4. The standard InChI is InChI=1S/C14H29NO4S/c1-4-8-15-14(3,13(18)19-5-2)7-6-9-20-11-12(17)10-16/h12,15-17H,4-11H2,1-3H3. The van der Waals surface area contributed by atoms with Crippen LogP contribution in [0.3, 0.4) is 0 Å². The molecule has 0 rings (SSSR count). The lowest BCUT2D eigenvalue weighted by atomic mass is 9.96. The molecule has 3 N–H and O–H groups in total. The number of hydrogen-bond donors (Lipinski definition) is 3. The normalized spacial score (nSPS) is 15.7. The van der Waals surface area contributed by atoms with Crippen LogP contribution in [0.25, 0.3) is 0 Å². The first-order valence-corrected chi connectivity index (χ1v) is 8.44. The zero-order valence-electron chi connectivity index (χ0n) is 12.9. The first-order valence-electron chi connectivity index (χ1n) is 7.29. The summed E-state index contributed by atoms with van der Waals surface area (Å²) < 4.78 is 5.14. The molecule has 6 heteroatoms. The number of esters is 1. The minimum Gasteiger partial charge on any atom is -0.465 e. The van der Waals surface area contributed by atoms with Gasteiger partial charge in [-0.05, 0) is 45.4 Å². The van der Waals surface area contributed by atoms with Crippen LogP contribution in [0.2, 0.25) is 0 Å². The fraction of sp³-hybridized carbons (Fsp3) is 0.929. The van der Waals surface area contributed by atoms with E-state index in [4.69, 9.17) is 9.84 Å². The number of carbonyl (C=O) groups excluding carboxylic acids is 1. The first-order chi connectivity index (χ1) is 9.50. The second-order valence-electron chi connectivity index (χ2n) is 4.99. The van der Waals surface area contributed by atoms with E-state index in [1.54, 1.807) is 11.8 Å². The van der Waals surface area contributed by atoms with Gasteiger partial charge in [-0.3, -0.25) is 4.79 Å². The Balaban J connectivity index is 4.12. The Kier molecular flexibility index (Phi) is 11.2. The Hall–Kier alpha value is -0.300. The average molecular weight is 307 g/mol. The van der Waals surface area contributed by atoms with Crippen LogP contribution in [-0.4, -0.2) is 59.1 Å². The highest BCUT2D eigenvalue weighted by molar-refractivity contribution is 7.99. The third-order valence-electron chi connectivity index (χ3n) is 2.98. The van der Waals surface area contributed by atoms with E-state index in [0.29, 0.717) is 18.8 Å². The third kappa shape index (κ3) is 8.09. The molecule has 0 saturated carbocycles. The lowest BCUT2D eigenvalue weighted by Gasteiger charge is -2.28. The topological polar surface area (TPSA) is 78.8 Å². The van der Waals surface area contributed by atoms with Crippen molar-refractivity contribution >= 4 is 17.7 Å². The summed E-state index contributed by atoms with van der Waals surface area (Å²) in [7, 11) is 0. The summed E-state index contributed by atoms with van der Waals surface area (Å²) in [6, 6.07) is 0. The minimum atomic E-state index is -0.658. The SMILES string of the molecule is CCCNC(C)(CCCSCC(O)CO)C(=O)OCC. The van der Waals surface area contributed by atoms with Crippen LogP contribution in [0, 0.1) is 0 Å². The van der Waals surface area contributed by atoms with E-state index in [1.807, 2.05) is 13.8 Å². The van der Waals surface area contributed by atoms with Gasteiger partial charge in [-0.1, -0.05) is 6.92 Å². The van der Waals surface area contributed by atoms with E-state index in [2.05, 4.69) is 12.2 Å². The molecule has 0 spiro atoms. The zero-order valence-corrected chi connectivity index (χ0v) is 13.7. The van der Waals surface area contributed by atoms with Crippen LogP contribution in [0.4, 0.5) is 0 Å². The summed E-state index contributed by atoms with van der Waals surface area (Å²) in [5.74, 6) is 1.17. The van der Waals surface area contributed by atoms with Gasteiger partial charge in [0.25, 0.3) is 0 Å². The van der Waals surface area contributed by atoms with Gasteiger partial charge < -0.3 is 20.3 Å². The molecule has 0 bridgehead atoms. The highest BCUT2D eigenvalue weighted by Crippen LogP contribution is 2.17. The zero-order chi connectivity index (χ0) is 15.4. The quantitative estimate of drug-likeness (QED) is 0.371. The van der Waals surface area contributed by atoms with E-state index in [0.717, 1.165) is 25.1 Å². The van der Waals surface area contributed by atoms with E-state index >= 15 is 0 Å². The second-order valence-corrected chi connectivity index (χ2v) is 6.14. The van der Waals surface area contributed by atoms with Gasteiger partial charge in [-0.25, -0.2) is 0 Å². The summed E-state index contributed by atoms with van der Waals surface area (Å²) in [6.07, 6.45) is 1.87. The number of aliphatic hydroxyl groups is 2. The molecule has 0 radical (unpaired) electrons. The van der Waals surface area contributed by atoms with Gasteiger partial charge in [-0.2, -0.15) is 11.8 Å². The highest BCUT2D eigenvalue weighted by atomic mass is 32.2. The molecule has 2 atom stereocenters. The van der Waals surface area contributed by atoms with Gasteiger partial charge in [0.15, 0.2) is 0 Å². The Morgan fingerprint density at radius 3 is 2.70 bits per heavy atom.